The van der Waals surface area contributed by atoms with Gasteiger partial charge in [-0.25, -0.2) is 0 Å². The molecule has 1 fully saturated rings. The summed E-state index contributed by atoms with van der Waals surface area (Å²) in [7, 11) is 0. The maximum absolute atomic E-state index is 9.92. The lowest BCUT2D eigenvalue weighted by Crippen LogP contribution is -2.58. The fraction of sp³-hybridized carbons (Fsp3) is 1.00. The summed E-state index contributed by atoms with van der Waals surface area (Å²) in [5.74, 6) is 0.767. The average Bonchev–Trinajstić information content (AvgIpc) is 2.48. The van der Waals surface area contributed by atoms with Crippen molar-refractivity contribution in [2.75, 3.05) is 12.4 Å². The monoisotopic (exact) mass is 324 g/mol. The van der Waals surface area contributed by atoms with E-state index in [9.17, 15) is 15.3 Å². The second-order valence-corrected chi connectivity index (χ2v) is 6.22. The summed E-state index contributed by atoms with van der Waals surface area (Å²) in [6.07, 6.45) is 1.27. The van der Waals surface area contributed by atoms with Crippen molar-refractivity contribution in [3.63, 3.8) is 0 Å². The molecule has 126 valence electrons. The highest BCUT2D eigenvalue weighted by Gasteiger charge is 2.44. The van der Waals surface area contributed by atoms with Crippen LogP contribution in [-0.2, 0) is 8.92 Å². The molecule has 1 rings (SSSR count). The van der Waals surface area contributed by atoms with Gasteiger partial charge < -0.3 is 29.3 Å². The third kappa shape index (κ3) is 6.40. The minimum Gasteiger partial charge on any atom is -0.394 e. The van der Waals surface area contributed by atoms with Gasteiger partial charge in [0.05, 0.1) is 6.61 Å². The Labute approximate surface area is 130 Å². The first kappa shape index (κ1) is 19.2. The number of rotatable bonds is 10. The number of hydrogen-bond acceptors (Lipinski definition) is 7. The molecule has 1 heterocycles. The quantitative estimate of drug-likeness (QED) is 0.349. The molecule has 1 aliphatic heterocycles. The Hall–Kier alpha value is 0.110. The van der Waals surface area contributed by atoms with E-state index in [1.807, 2.05) is 0 Å². The molecule has 0 aromatic carbocycles. The summed E-state index contributed by atoms with van der Waals surface area (Å²) in [6.45, 7) is 1.75. The fourth-order valence-electron chi connectivity index (χ4n) is 2.25. The van der Waals surface area contributed by atoms with Crippen LogP contribution in [0.2, 0.25) is 0 Å². The smallest absolute Gasteiger partial charge is 0.184 e. The van der Waals surface area contributed by atoms with Crippen molar-refractivity contribution in [3.05, 3.63) is 0 Å². The number of unbranched alkanes of at least 4 members (excludes halogenated alkanes) is 5. The number of ether oxygens (including phenoxy) is 1. The summed E-state index contributed by atoms with van der Waals surface area (Å²) in [5.41, 5.74) is 0. The van der Waals surface area contributed by atoms with Crippen molar-refractivity contribution in [2.24, 2.45) is 0 Å². The van der Waals surface area contributed by atoms with E-state index in [-0.39, 0.29) is 0 Å². The van der Waals surface area contributed by atoms with Gasteiger partial charge in [-0.15, -0.1) is 0 Å². The molecule has 0 bridgehead atoms. The van der Waals surface area contributed by atoms with Gasteiger partial charge in [-0.05, 0) is 18.5 Å². The van der Waals surface area contributed by atoms with Crippen molar-refractivity contribution in [3.8, 4) is 0 Å². The van der Waals surface area contributed by atoms with Crippen LogP contribution in [0.15, 0.2) is 0 Å². The van der Waals surface area contributed by atoms with Crippen LogP contribution < -0.4 is 0 Å². The Bertz CT molecular complexity index is 268. The lowest BCUT2D eigenvalue weighted by atomic mass is 9.99. The van der Waals surface area contributed by atoms with E-state index >= 15 is 0 Å². The van der Waals surface area contributed by atoms with Gasteiger partial charge in [0.25, 0.3) is 0 Å². The van der Waals surface area contributed by atoms with Gasteiger partial charge in [-0.3, -0.25) is 0 Å². The van der Waals surface area contributed by atoms with E-state index in [1.165, 1.54) is 37.7 Å². The fourth-order valence-corrected chi connectivity index (χ4v) is 3.05. The van der Waals surface area contributed by atoms with Crippen molar-refractivity contribution in [1.29, 1.82) is 0 Å². The van der Waals surface area contributed by atoms with Crippen LogP contribution in [-0.4, -0.2) is 63.5 Å². The van der Waals surface area contributed by atoms with Crippen molar-refractivity contribution in [2.45, 2.75) is 76.2 Å². The third-order valence-corrected chi connectivity index (χ3v) is 4.41. The molecular weight excluding hydrogens is 296 g/mol. The summed E-state index contributed by atoms with van der Waals surface area (Å²) in [4.78, 5) is 0. The van der Waals surface area contributed by atoms with Crippen molar-refractivity contribution < 1.29 is 29.3 Å². The van der Waals surface area contributed by atoms with Gasteiger partial charge in [0, 0.05) is 5.75 Å². The third-order valence-electron chi connectivity index (χ3n) is 3.60. The molecule has 21 heavy (non-hydrogen) atoms. The molecule has 0 aliphatic carbocycles. The number of aliphatic hydroxyl groups excluding tert-OH is 4. The van der Waals surface area contributed by atoms with Crippen molar-refractivity contribution in [1.82, 2.24) is 0 Å². The molecule has 7 heteroatoms. The molecule has 1 saturated heterocycles. The summed E-state index contributed by atoms with van der Waals surface area (Å²) in [5, 5.41) is 38.3. The highest BCUT2D eigenvalue weighted by molar-refractivity contribution is 7.94. The molecule has 0 aromatic rings. The van der Waals surface area contributed by atoms with Crippen LogP contribution in [0.1, 0.15) is 45.4 Å². The van der Waals surface area contributed by atoms with Crippen LogP contribution in [0.3, 0.4) is 0 Å². The zero-order valence-electron chi connectivity index (χ0n) is 12.6. The molecule has 5 atom stereocenters. The molecule has 0 radical (unpaired) electrons. The number of aliphatic hydroxyl groups is 4. The highest BCUT2D eigenvalue weighted by Crippen LogP contribution is 2.26. The second-order valence-electron chi connectivity index (χ2n) is 5.38. The molecule has 1 unspecified atom stereocenters. The average molecular weight is 324 g/mol. The van der Waals surface area contributed by atoms with Gasteiger partial charge in [-0.2, -0.15) is 0 Å². The van der Waals surface area contributed by atoms with Crippen molar-refractivity contribution >= 4 is 12.0 Å². The Balaban J connectivity index is 2.19. The first-order valence-electron chi connectivity index (χ1n) is 7.70. The standard InChI is InChI=1S/C14H28O6S/c1-2-3-4-5-6-7-8-21-20-13-11(16)10(9-15)19-14(18)12(13)17/h10-18H,2-9H2,1H3/t10-,11-,12-,13+,14?/m1/s1. The van der Waals surface area contributed by atoms with Crippen LogP contribution in [0.4, 0.5) is 0 Å². The van der Waals surface area contributed by atoms with Gasteiger partial charge in [0.2, 0.25) is 0 Å². The molecule has 4 N–H and O–H groups in total. The molecule has 0 aromatic heterocycles. The maximum Gasteiger partial charge on any atom is 0.184 e. The normalized spacial score (nSPS) is 33.3. The Morgan fingerprint density at radius 3 is 2.33 bits per heavy atom. The second kappa shape index (κ2) is 10.8. The summed E-state index contributed by atoms with van der Waals surface area (Å²) >= 11 is 1.18. The number of hydrogen-bond donors (Lipinski definition) is 4. The minimum atomic E-state index is -1.45. The van der Waals surface area contributed by atoms with E-state index in [4.69, 9.17) is 14.0 Å². The predicted octanol–water partition coefficient (Wildman–Crippen LogP) is 0.812. The van der Waals surface area contributed by atoms with E-state index in [1.54, 1.807) is 0 Å². The van der Waals surface area contributed by atoms with E-state index < -0.39 is 37.3 Å². The minimum absolute atomic E-state index is 0.438. The van der Waals surface area contributed by atoms with Gasteiger partial charge >= 0.3 is 0 Å². The van der Waals surface area contributed by atoms with Gasteiger partial charge in [0.1, 0.15) is 24.4 Å². The van der Waals surface area contributed by atoms with Crippen LogP contribution >= 0.6 is 12.0 Å². The zero-order valence-corrected chi connectivity index (χ0v) is 13.4. The first-order valence-corrected chi connectivity index (χ1v) is 8.61. The Morgan fingerprint density at radius 2 is 1.67 bits per heavy atom. The van der Waals surface area contributed by atoms with Crippen LogP contribution in [0.5, 0.6) is 0 Å². The Kier molecular flexibility index (Phi) is 9.83. The van der Waals surface area contributed by atoms with E-state index in [0.717, 1.165) is 18.6 Å². The lowest BCUT2D eigenvalue weighted by Gasteiger charge is -2.39. The van der Waals surface area contributed by atoms with Gasteiger partial charge in [-0.1, -0.05) is 39.0 Å². The molecule has 0 saturated carbocycles. The van der Waals surface area contributed by atoms with E-state index in [2.05, 4.69) is 6.92 Å². The summed E-state index contributed by atoms with van der Waals surface area (Å²) < 4.78 is 10.3. The molecule has 0 amide bonds. The topological polar surface area (TPSA) is 99.4 Å². The molecule has 6 nitrogen and oxygen atoms in total. The van der Waals surface area contributed by atoms with Crippen LogP contribution in [0.25, 0.3) is 0 Å². The predicted molar refractivity (Wildman–Crippen MR) is 80.7 cm³/mol. The SMILES string of the molecule is CCCCCCCCSO[C@H]1[C@H](O)[C@@H](CO)OC(O)[C@@H]1O. The molecule has 1 aliphatic rings. The first-order chi connectivity index (χ1) is 10.1. The van der Waals surface area contributed by atoms with E-state index in [0.29, 0.717) is 0 Å². The van der Waals surface area contributed by atoms with Gasteiger partial charge in [0.15, 0.2) is 6.29 Å². The summed E-state index contributed by atoms with van der Waals surface area (Å²) in [6, 6.07) is 0. The maximum atomic E-state index is 9.92. The largest absolute Gasteiger partial charge is 0.394 e. The highest BCUT2D eigenvalue weighted by atomic mass is 32.2. The molecular formula is C14H28O6S. The lowest BCUT2D eigenvalue weighted by molar-refractivity contribution is -0.280. The zero-order chi connectivity index (χ0) is 15.7. The van der Waals surface area contributed by atoms with Crippen LogP contribution in [0, 0.1) is 0 Å². The Morgan fingerprint density at radius 1 is 1.00 bits per heavy atom. The molecule has 0 spiro atoms.